The molecule has 4 N–H and O–H groups in total. The Morgan fingerprint density at radius 3 is 2.57 bits per heavy atom. The zero-order valence-electron chi connectivity index (χ0n) is 12.9. The van der Waals surface area contributed by atoms with Crippen molar-refractivity contribution in [2.75, 3.05) is 5.75 Å². The predicted octanol–water partition coefficient (Wildman–Crippen LogP) is 1.13. The molecule has 122 valence electrons. The van der Waals surface area contributed by atoms with Crippen LogP contribution in [0.5, 0.6) is 5.75 Å². The summed E-state index contributed by atoms with van der Waals surface area (Å²) in [6, 6.07) is 3.07. The van der Waals surface area contributed by atoms with Crippen LogP contribution >= 0.6 is 11.8 Å². The molecule has 0 spiro atoms. The van der Waals surface area contributed by atoms with Gasteiger partial charge < -0.3 is 15.9 Å². The van der Waals surface area contributed by atoms with E-state index in [0.717, 1.165) is 16.7 Å². The SMILES string of the molecule is Cc1cc(CC2=C(C(=O)O)N3C(=O)[C@@H](N)[C@@H]3SC2)cc(C)c1O. The Kier molecular flexibility index (Phi) is 3.85. The standard InChI is InChI=1S/C16H18N2O4S/c1-7-3-9(4-8(2)13(7)19)5-10-6-23-15-11(17)14(20)18(15)12(10)16(21)22/h3-4,11,15,19H,5-6,17H2,1-2H3,(H,21,22)/t11-,15+/m1/s1. The number of nitrogens with zero attached hydrogens (tertiary/aromatic N) is 1. The molecule has 3 rings (SSSR count). The van der Waals surface area contributed by atoms with Crippen molar-refractivity contribution in [3.63, 3.8) is 0 Å². The first kappa shape index (κ1) is 15.9. The molecule has 1 fully saturated rings. The van der Waals surface area contributed by atoms with Gasteiger partial charge in [0.1, 0.15) is 22.9 Å². The van der Waals surface area contributed by atoms with E-state index < -0.39 is 12.0 Å². The van der Waals surface area contributed by atoms with Crippen LogP contribution in [0, 0.1) is 13.8 Å². The maximum atomic E-state index is 11.9. The number of aliphatic carboxylic acids is 1. The van der Waals surface area contributed by atoms with Crippen molar-refractivity contribution >= 4 is 23.6 Å². The maximum absolute atomic E-state index is 11.9. The number of carbonyl (C=O) groups excluding carboxylic acids is 1. The van der Waals surface area contributed by atoms with E-state index in [2.05, 4.69) is 0 Å². The number of aromatic hydroxyl groups is 1. The van der Waals surface area contributed by atoms with Crippen LogP contribution in [0.4, 0.5) is 0 Å². The third-order valence-electron chi connectivity index (χ3n) is 4.26. The molecule has 1 saturated heterocycles. The maximum Gasteiger partial charge on any atom is 0.352 e. The van der Waals surface area contributed by atoms with Crippen LogP contribution < -0.4 is 5.73 Å². The van der Waals surface area contributed by atoms with E-state index in [0.29, 0.717) is 17.7 Å². The first-order valence-electron chi connectivity index (χ1n) is 7.26. The van der Waals surface area contributed by atoms with E-state index in [1.165, 1.54) is 16.7 Å². The molecule has 0 radical (unpaired) electrons. The van der Waals surface area contributed by atoms with Crippen molar-refractivity contribution in [3.05, 3.63) is 40.1 Å². The van der Waals surface area contributed by atoms with Crippen LogP contribution in [-0.4, -0.2) is 44.2 Å². The molecule has 2 atom stereocenters. The zero-order chi connectivity index (χ0) is 16.9. The van der Waals surface area contributed by atoms with E-state index in [9.17, 15) is 19.8 Å². The Morgan fingerprint density at radius 2 is 2.00 bits per heavy atom. The lowest BCUT2D eigenvalue weighted by molar-refractivity contribution is -0.148. The second kappa shape index (κ2) is 5.58. The Bertz CT molecular complexity index is 721. The molecule has 2 heterocycles. The first-order valence-corrected chi connectivity index (χ1v) is 8.30. The van der Waals surface area contributed by atoms with E-state index in [4.69, 9.17) is 5.73 Å². The Morgan fingerprint density at radius 1 is 1.39 bits per heavy atom. The number of carboxylic acid groups (broad SMARTS) is 1. The number of nitrogens with two attached hydrogens (primary N) is 1. The van der Waals surface area contributed by atoms with Crippen LogP contribution in [0.1, 0.15) is 16.7 Å². The number of hydrogen-bond donors (Lipinski definition) is 3. The minimum atomic E-state index is -1.10. The summed E-state index contributed by atoms with van der Waals surface area (Å²) < 4.78 is 0. The van der Waals surface area contributed by atoms with E-state index in [1.54, 1.807) is 0 Å². The van der Waals surface area contributed by atoms with Gasteiger partial charge in [0, 0.05) is 5.75 Å². The number of phenols is 1. The third-order valence-corrected chi connectivity index (χ3v) is 5.62. The molecule has 1 aromatic rings. The highest BCUT2D eigenvalue weighted by atomic mass is 32.2. The third kappa shape index (κ3) is 2.49. The second-order valence-electron chi connectivity index (χ2n) is 5.95. The van der Waals surface area contributed by atoms with E-state index in [1.807, 2.05) is 26.0 Å². The predicted molar refractivity (Wildman–Crippen MR) is 87.0 cm³/mol. The van der Waals surface area contributed by atoms with Crippen LogP contribution in [-0.2, 0) is 16.0 Å². The number of carboxylic acids is 1. The average Bonchev–Trinajstić information content (AvgIpc) is 2.51. The molecule has 2 aliphatic heterocycles. The number of rotatable bonds is 3. The Hall–Kier alpha value is -1.99. The van der Waals surface area contributed by atoms with Crippen molar-refractivity contribution in [1.29, 1.82) is 0 Å². The summed E-state index contributed by atoms with van der Waals surface area (Å²) in [5.74, 6) is -0.654. The van der Waals surface area contributed by atoms with Gasteiger partial charge >= 0.3 is 5.97 Å². The average molecular weight is 334 g/mol. The highest BCUT2D eigenvalue weighted by Crippen LogP contribution is 2.40. The summed E-state index contributed by atoms with van der Waals surface area (Å²) in [7, 11) is 0. The van der Waals surface area contributed by atoms with Gasteiger partial charge in [0.05, 0.1) is 0 Å². The molecule has 0 aromatic heterocycles. The van der Waals surface area contributed by atoms with Gasteiger partial charge in [0.2, 0.25) is 5.91 Å². The molecular weight excluding hydrogens is 316 g/mol. The summed E-state index contributed by atoms with van der Waals surface area (Å²) in [6.07, 6.45) is 0.433. The van der Waals surface area contributed by atoms with Gasteiger partial charge in [-0.3, -0.25) is 9.69 Å². The fraction of sp³-hybridized carbons (Fsp3) is 0.375. The fourth-order valence-electron chi connectivity index (χ4n) is 3.11. The Balaban J connectivity index is 1.97. The van der Waals surface area contributed by atoms with Crippen LogP contribution in [0.2, 0.25) is 0 Å². The van der Waals surface area contributed by atoms with Crippen molar-refractivity contribution in [2.45, 2.75) is 31.7 Å². The number of benzene rings is 1. The van der Waals surface area contributed by atoms with Crippen molar-refractivity contribution in [1.82, 2.24) is 4.90 Å². The van der Waals surface area contributed by atoms with Gasteiger partial charge in [0.15, 0.2) is 0 Å². The molecule has 0 bridgehead atoms. The molecule has 6 nitrogen and oxygen atoms in total. The largest absolute Gasteiger partial charge is 0.507 e. The molecule has 7 heteroatoms. The topological polar surface area (TPSA) is 104 Å². The minimum Gasteiger partial charge on any atom is -0.507 e. The summed E-state index contributed by atoms with van der Waals surface area (Å²) in [6.45, 7) is 3.61. The highest BCUT2D eigenvalue weighted by molar-refractivity contribution is 8.00. The zero-order valence-corrected chi connectivity index (χ0v) is 13.7. The van der Waals surface area contributed by atoms with Gasteiger partial charge in [0.25, 0.3) is 0 Å². The van der Waals surface area contributed by atoms with Crippen LogP contribution in [0.15, 0.2) is 23.4 Å². The van der Waals surface area contributed by atoms with Gasteiger partial charge in [-0.25, -0.2) is 4.79 Å². The lowest BCUT2D eigenvalue weighted by atomic mass is 9.97. The number of aryl methyl sites for hydroxylation is 2. The Labute approximate surface area is 138 Å². The van der Waals surface area contributed by atoms with Crippen molar-refractivity contribution in [3.8, 4) is 5.75 Å². The summed E-state index contributed by atoms with van der Waals surface area (Å²) in [5.41, 5.74) is 8.92. The number of carbonyl (C=O) groups is 2. The van der Waals surface area contributed by atoms with Gasteiger partial charge in [-0.05, 0) is 42.5 Å². The number of fused-ring (bicyclic) bond motifs is 1. The number of β-lactam (4-membered cyclic amide) rings is 1. The minimum absolute atomic E-state index is 0.0591. The van der Waals surface area contributed by atoms with E-state index in [-0.39, 0.29) is 22.7 Å². The number of thioether (sulfide) groups is 1. The fourth-order valence-corrected chi connectivity index (χ4v) is 4.40. The number of amides is 1. The number of hydrogen-bond acceptors (Lipinski definition) is 5. The van der Waals surface area contributed by atoms with Crippen LogP contribution in [0.25, 0.3) is 0 Å². The summed E-state index contributed by atoms with van der Waals surface area (Å²) in [5, 5.41) is 19.1. The molecule has 0 aliphatic carbocycles. The number of phenolic OH excluding ortho intramolecular Hbond substituents is 1. The normalized spacial score (nSPS) is 23.6. The van der Waals surface area contributed by atoms with Crippen molar-refractivity contribution in [2.24, 2.45) is 5.73 Å². The van der Waals surface area contributed by atoms with Crippen molar-refractivity contribution < 1.29 is 19.8 Å². The van der Waals surface area contributed by atoms with Gasteiger partial charge in [-0.1, -0.05) is 12.1 Å². The quantitative estimate of drug-likeness (QED) is 0.716. The molecule has 2 aliphatic rings. The smallest absolute Gasteiger partial charge is 0.352 e. The van der Waals surface area contributed by atoms with E-state index >= 15 is 0 Å². The summed E-state index contributed by atoms with van der Waals surface area (Å²) in [4.78, 5) is 24.9. The molecule has 1 aromatic carbocycles. The highest BCUT2D eigenvalue weighted by Gasteiger charge is 2.51. The lowest BCUT2D eigenvalue weighted by Crippen LogP contribution is -2.68. The molecule has 0 saturated carbocycles. The van der Waals surface area contributed by atoms with Gasteiger partial charge in [-0.15, -0.1) is 11.8 Å². The van der Waals surface area contributed by atoms with Gasteiger partial charge in [-0.2, -0.15) is 0 Å². The second-order valence-corrected chi connectivity index (χ2v) is 7.05. The molecule has 0 unspecified atom stereocenters. The lowest BCUT2D eigenvalue weighted by Gasteiger charge is -2.48. The first-order chi connectivity index (χ1) is 10.8. The monoisotopic (exact) mass is 334 g/mol. The van der Waals surface area contributed by atoms with Crippen LogP contribution in [0.3, 0.4) is 0 Å². The molecule has 1 amide bonds. The summed E-state index contributed by atoms with van der Waals surface area (Å²) >= 11 is 1.49. The molecule has 23 heavy (non-hydrogen) atoms. The molecular formula is C16H18N2O4S.